The first-order valence-corrected chi connectivity index (χ1v) is 3.92. The summed E-state index contributed by atoms with van der Waals surface area (Å²) in [7, 11) is 1.63. The van der Waals surface area contributed by atoms with E-state index >= 15 is 0 Å². The minimum atomic E-state index is -0.555. The van der Waals surface area contributed by atoms with E-state index in [1.807, 2.05) is 0 Å². The minimum Gasteiger partial charge on any atom is -0.392 e. The number of aliphatic hydroxyl groups excluding tert-OH is 1. The van der Waals surface area contributed by atoms with E-state index < -0.39 is 6.10 Å². The molecule has 0 bridgehead atoms. The molecule has 6 heteroatoms. The Hall–Kier alpha value is -1.43. The van der Waals surface area contributed by atoms with Crippen molar-refractivity contribution in [3.05, 3.63) is 11.9 Å². The van der Waals surface area contributed by atoms with E-state index in [1.54, 1.807) is 14.0 Å². The number of aryl methyl sites for hydroxylation is 1. The molecule has 1 rings (SSSR count). The van der Waals surface area contributed by atoms with Crippen LogP contribution >= 0.6 is 0 Å². The lowest BCUT2D eigenvalue weighted by Gasteiger charge is -2.03. The molecular weight excluding hydrogens is 172 g/mol. The third-order valence-electron chi connectivity index (χ3n) is 1.39. The average Bonchev–Trinajstić information content (AvgIpc) is 2.47. The SMILES string of the molecule is C[C@@H](O)CNC(=O)c1cnn(C)n1. The maximum absolute atomic E-state index is 11.2. The van der Waals surface area contributed by atoms with Gasteiger partial charge in [-0.3, -0.25) is 4.79 Å². The van der Waals surface area contributed by atoms with Crippen LogP contribution in [-0.4, -0.2) is 38.7 Å². The first kappa shape index (κ1) is 9.66. The zero-order chi connectivity index (χ0) is 9.84. The zero-order valence-electron chi connectivity index (χ0n) is 7.56. The predicted molar refractivity (Wildman–Crippen MR) is 45.0 cm³/mol. The second-order valence-electron chi connectivity index (χ2n) is 2.78. The topological polar surface area (TPSA) is 80.0 Å². The summed E-state index contributed by atoms with van der Waals surface area (Å²) in [5.74, 6) is -0.325. The van der Waals surface area contributed by atoms with Gasteiger partial charge in [0, 0.05) is 13.6 Å². The van der Waals surface area contributed by atoms with Gasteiger partial charge in [-0.2, -0.15) is 9.90 Å². The molecule has 0 spiro atoms. The molecule has 0 unspecified atom stereocenters. The maximum Gasteiger partial charge on any atom is 0.273 e. The molecular formula is C7H12N4O2. The summed E-state index contributed by atoms with van der Waals surface area (Å²) in [4.78, 5) is 12.5. The number of carbonyl (C=O) groups excluding carboxylic acids is 1. The Bertz CT molecular complexity index is 294. The van der Waals surface area contributed by atoms with Crippen molar-refractivity contribution in [1.29, 1.82) is 0 Å². The largest absolute Gasteiger partial charge is 0.392 e. The highest BCUT2D eigenvalue weighted by Gasteiger charge is 2.09. The van der Waals surface area contributed by atoms with Gasteiger partial charge < -0.3 is 10.4 Å². The molecule has 2 N–H and O–H groups in total. The van der Waals surface area contributed by atoms with Crippen LogP contribution in [0.4, 0.5) is 0 Å². The lowest BCUT2D eigenvalue weighted by molar-refractivity contribution is 0.0918. The zero-order valence-corrected chi connectivity index (χ0v) is 7.56. The van der Waals surface area contributed by atoms with Gasteiger partial charge in [-0.25, -0.2) is 0 Å². The summed E-state index contributed by atoms with van der Waals surface area (Å²) in [6, 6.07) is 0. The van der Waals surface area contributed by atoms with Crippen molar-refractivity contribution in [3.8, 4) is 0 Å². The fourth-order valence-electron chi connectivity index (χ4n) is 0.781. The van der Waals surface area contributed by atoms with Gasteiger partial charge in [0.25, 0.3) is 5.91 Å². The lowest BCUT2D eigenvalue weighted by Crippen LogP contribution is -2.30. The molecule has 0 fully saturated rings. The summed E-state index contributed by atoms with van der Waals surface area (Å²) in [5.41, 5.74) is 0.253. The molecule has 1 aromatic rings. The van der Waals surface area contributed by atoms with Gasteiger partial charge >= 0.3 is 0 Å². The van der Waals surface area contributed by atoms with E-state index in [9.17, 15) is 4.79 Å². The molecule has 72 valence electrons. The van der Waals surface area contributed by atoms with Crippen molar-refractivity contribution < 1.29 is 9.90 Å². The number of nitrogens with zero attached hydrogens (tertiary/aromatic N) is 3. The standard InChI is InChI=1S/C7H12N4O2/c1-5(12)3-8-7(13)6-4-9-11(2)10-6/h4-5,12H,3H2,1-2H3,(H,8,13)/t5-/m1/s1. The normalized spacial score (nSPS) is 12.5. The summed E-state index contributed by atoms with van der Waals surface area (Å²) >= 11 is 0. The molecule has 0 aliphatic carbocycles. The van der Waals surface area contributed by atoms with Gasteiger partial charge in [0.05, 0.1) is 12.3 Å². The van der Waals surface area contributed by atoms with Crippen molar-refractivity contribution in [1.82, 2.24) is 20.3 Å². The van der Waals surface area contributed by atoms with Crippen LogP contribution in [0.5, 0.6) is 0 Å². The number of hydrogen-bond acceptors (Lipinski definition) is 4. The molecule has 0 aromatic carbocycles. The average molecular weight is 184 g/mol. The highest BCUT2D eigenvalue weighted by molar-refractivity contribution is 5.91. The Morgan fingerprint density at radius 2 is 2.54 bits per heavy atom. The quantitative estimate of drug-likeness (QED) is 0.626. The lowest BCUT2D eigenvalue weighted by atomic mass is 10.4. The molecule has 0 aliphatic rings. The molecule has 1 aromatic heterocycles. The van der Waals surface area contributed by atoms with Gasteiger partial charge in [-0.05, 0) is 6.92 Å². The Morgan fingerprint density at radius 3 is 3.00 bits per heavy atom. The van der Waals surface area contributed by atoms with Crippen molar-refractivity contribution in [2.24, 2.45) is 7.05 Å². The first-order valence-electron chi connectivity index (χ1n) is 3.92. The molecule has 0 saturated carbocycles. The number of hydrogen-bond donors (Lipinski definition) is 2. The Labute approximate surface area is 75.6 Å². The molecule has 6 nitrogen and oxygen atoms in total. The van der Waals surface area contributed by atoms with E-state index in [2.05, 4.69) is 15.5 Å². The molecule has 1 atom stereocenters. The fraction of sp³-hybridized carbons (Fsp3) is 0.571. The van der Waals surface area contributed by atoms with Crippen molar-refractivity contribution in [3.63, 3.8) is 0 Å². The van der Waals surface area contributed by atoms with Crippen molar-refractivity contribution >= 4 is 5.91 Å². The van der Waals surface area contributed by atoms with Crippen molar-refractivity contribution in [2.75, 3.05) is 6.54 Å². The summed E-state index contributed by atoms with van der Waals surface area (Å²) in [5, 5.41) is 19.0. The van der Waals surface area contributed by atoms with E-state index in [-0.39, 0.29) is 18.1 Å². The molecule has 1 heterocycles. The molecule has 0 aliphatic heterocycles. The monoisotopic (exact) mass is 184 g/mol. The van der Waals surface area contributed by atoms with Crippen LogP contribution in [-0.2, 0) is 7.05 Å². The number of aliphatic hydroxyl groups is 1. The van der Waals surface area contributed by atoms with Gasteiger partial charge in [-0.1, -0.05) is 0 Å². The Kier molecular flexibility index (Phi) is 2.97. The summed E-state index contributed by atoms with van der Waals surface area (Å²) in [6.45, 7) is 1.81. The third-order valence-corrected chi connectivity index (χ3v) is 1.39. The minimum absolute atomic E-state index is 0.218. The molecule has 1 amide bonds. The van der Waals surface area contributed by atoms with Crippen LogP contribution in [0, 0.1) is 0 Å². The number of carbonyl (C=O) groups is 1. The van der Waals surface area contributed by atoms with Crippen LogP contribution in [0.25, 0.3) is 0 Å². The third kappa shape index (κ3) is 2.83. The number of rotatable bonds is 3. The van der Waals surface area contributed by atoms with E-state index in [0.29, 0.717) is 0 Å². The smallest absolute Gasteiger partial charge is 0.273 e. The van der Waals surface area contributed by atoms with Crippen LogP contribution < -0.4 is 5.32 Å². The Morgan fingerprint density at radius 1 is 1.85 bits per heavy atom. The number of aromatic nitrogens is 3. The molecule has 0 radical (unpaired) electrons. The van der Waals surface area contributed by atoms with E-state index in [0.717, 1.165) is 0 Å². The molecule has 0 saturated heterocycles. The highest BCUT2D eigenvalue weighted by atomic mass is 16.3. The number of amides is 1. The Balaban J connectivity index is 2.49. The maximum atomic E-state index is 11.2. The van der Waals surface area contributed by atoms with Gasteiger partial charge in [0.2, 0.25) is 0 Å². The first-order chi connectivity index (χ1) is 6.09. The summed E-state index contributed by atoms with van der Waals surface area (Å²) < 4.78 is 0. The second-order valence-corrected chi connectivity index (χ2v) is 2.78. The number of nitrogens with one attached hydrogen (secondary N) is 1. The fourth-order valence-corrected chi connectivity index (χ4v) is 0.781. The molecule has 13 heavy (non-hydrogen) atoms. The van der Waals surface area contributed by atoms with Gasteiger partial charge in [-0.15, -0.1) is 5.10 Å². The van der Waals surface area contributed by atoms with Crippen LogP contribution in [0.2, 0.25) is 0 Å². The highest BCUT2D eigenvalue weighted by Crippen LogP contribution is 1.89. The van der Waals surface area contributed by atoms with Crippen LogP contribution in [0.3, 0.4) is 0 Å². The second kappa shape index (κ2) is 3.99. The van der Waals surface area contributed by atoms with Crippen LogP contribution in [0.15, 0.2) is 6.20 Å². The van der Waals surface area contributed by atoms with Gasteiger partial charge in [0.15, 0.2) is 5.69 Å². The van der Waals surface area contributed by atoms with E-state index in [4.69, 9.17) is 5.11 Å². The van der Waals surface area contributed by atoms with Crippen LogP contribution in [0.1, 0.15) is 17.4 Å². The van der Waals surface area contributed by atoms with Crippen molar-refractivity contribution in [2.45, 2.75) is 13.0 Å². The van der Waals surface area contributed by atoms with E-state index in [1.165, 1.54) is 11.0 Å². The van der Waals surface area contributed by atoms with Gasteiger partial charge in [0.1, 0.15) is 0 Å². The predicted octanol–water partition coefficient (Wildman–Crippen LogP) is -1.07. The summed E-state index contributed by atoms with van der Waals surface area (Å²) in [6.07, 6.45) is 0.817.